The highest BCUT2D eigenvalue weighted by molar-refractivity contribution is 5.51. The van der Waals surface area contributed by atoms with Gasteiger partial charge in [0.05, 0.1) is 18.3 Å². The number of furan rings is 1. The quantitative estimate of drug-likeness (QED) is 0.716. The van der Waals surface area contributed by atoms with Gasteiger partial charge in [-0.15, -0.1) is 0 Å². The van der Waals surface area contributed by atoms with Gasteiger partial charge >= 0.3 is 0 Å². The molecule has 1 fully saturated rings. The molecular weight excluding hydrogens is 316 g/mol. The van der Waals surface area contributed by atoms with Crippen molar-refractivity contribution in [1.82, 2.24) is 20.1 Å². The van der Waals surface area contributed by atoms with Gasteiger partial charge in [-0.2, -0.15) is 5.10 Å². The van der Waals surface area contributed by atoms with Gasteiger partial charge in [0, 0.05) is 32.1 Å². The largest absolute Gasteiger partial charge is 0.458 e. The molecule has 4 rings (SSSR count). The van der Waals surface area contributed by atoms with Crippen molar-refractivity contribution >= 4 is 0 Å². The van der Waals surface area contributed by atoms with Crippen molar-refractivity contribution < 1.29 is 9.15 Å². The molecule has 1 N–H and O–H groups in total. The third-order valence-electron chi connectivity index (χ3n) is 4.40. The van der Waals surface area contributed by atoms with Crippen molar-refractivity contribution in [1.29, 1.82) is 0 Å². The summed E-state index contributed by atoms with van der Waals surface area (Å²) in [5, 5.41) is 6.90. The lowest BCUT2D eigenvalue weighted by Gasteiger charge is -2.24. The van der Waals surface area contributed by atoms with Crippen LogP contribution in [0.5, 0.6) is 0 Å². The molecule has 0 aromatic carbocycles. The van der Waals surface area contributed by atoms with Crippen LogP contribution in [0.2, 0.25) is 0 Å². The summed E-state index contributed by atoms with van der Waals surface area (Å²) < 4.78 is 11.8. The normalized spacial score (nSPS) is 17.4. The Morgan fingerprint density at radius 2 is 2.12 bits per heavy atom. The number of nitrogens with one attached hydrogen (secondary N) is 1. The van der Waals surface area contributed by atoms with Gasteiger partial charge in [0.1, 0.15) is 11.5 Å². The minimum Gasteiger partial charge on any atom is -0.458 e. The predicted molar refractivity (Wildman–Crippen MR) is 93.6 cm³/mol. The smallest absolute Gasteiger partial charge is 0.152 e. The van der Waals surface area contributed by atoms with Gasteiger partial charge in [-0.05, 0) is 43.2 Å². The van der Waals surface area contributed by atoms with Gasteiger partial charge in [0.15, 0.2) is 5.76 Å². The van der Waals surface area contributed by atoms with Gasteiger partial charge in [-0.3, -0.25) is 15.0 Å². The Bertz CT molecular complexity index is 764. The van der Waals surface area contributed by atoms with E-state index in [0.29, 0.717) is 6.10 Å². The zero-order chi connectivity index (χ0) is 16.9. The fraction of sp³-hybridized carbons (Fsp3) is 0.368. The monoisotopic (exact) mass is 338 g/mol. The first kappa shape index (κ1) is 16.1. The Kier molecular flexibility index (Phi) is 4.90. The maximum atomic E-state index is 5.99. The van der Waals surface area contributed by atoms with Crippen molar-refractivity contribution in [3.05, 3.63) is 60.2 Å². The molecule has 0 aliphatic carbocycles. The van der Waals surface area contributed by atoms with E-state index in [4.69, 9.17) is 9.15 Å². The molecule has 1 aliphatic heterocycles. The third kappa shape index (κ3) is 4.15. The highest BCUT2D eigenvalue weighted by Gasteiger charge is 2.21. The molecule has 3 aromatic rings. The molecule has 0 amide bonds. The van der Waals surface area contributed by atoms with Gasteiger partial charge in [-0.1, -0.05) is 6.07 Å². The Balaban J connectivity index is 1.47. The average molecular weight is 338 g/mol. The van der Waals surface area contributed by atoms with Crippen molar-refractivity contribution in [2.45, 2.75) is 32.0 Å². The molecule has 0 radical (unpaired) electrons. The summed E-state index contributed by atoms with van der Waals surface area (Å²) in [5.41, 5.74) is 1.95. The SMILES string of the molecule is c1ccc(CN(Cc2ccc(-c3ccn[nH]3)o2)C[C@@H]2CCCO2)nc1. The van der Waals surface area contributed by atoms with Crippen LogP contribution in [0.3, 0.4) is 0 Å². The lowest BCUT2D eigenvalue weighted by molar-refractivity contribution is 0.0651. The summed E-state index contributed by atoms with van der Waals surface area (Å²) in [6.07, 6.45) is 6.12. The van der Waals surface area contributed by atoms with E-state index in [9.17, 15) is 0 Å². The molecule has 1 atom stereocenters. The van der Waals surface area contributed by atoms with E-state index < -0.39 is 0 Å². The molecule has 0 unspecified atom stereocenters. The predicted octanol–water partition coefficient (Wildman–Crippen LogP) is 3.25. The number of nitrogens with zero attached hydrogens (tertiary/aromatic N) is 3. The molecule has 3 aromatic heterocycles. The van der Waals surface area contributed by atoms with Crippen LogP contribution >= 0.6 is 0 Å². The fourth-order valence-electron chi connectivity index (χ4n) is 3.20. The summed E-state index contributed by atoms with van der Waals surface area (Å²) in [6.45, 7) is 3.26. The Labute approximate surface area is 146 Å². The summed E-state index contributed by atoms with van der Waals surface area (Å²) in [5.74, 6) is 1.74. The molecule has 1 aliphatic rings. The molecule has 0 saturated carbocycles. The lowest BCUT2D eigenvalue weighted by Crippen LogP contribution is -2.31. The molecule has 25 heavy (non-hydrogen) atoms. The lowest BCUT2D eigenvalue weighted by atomic mass is 10.2. The maximum absolute atomic E-state index is 5.99. The first-order chi connectivity index (χ1) is 12.4. The topological polar surface area (TPSA) is 67.2 Å². The fourth-order valence-corrected chi connectivity index (χ4v) is 3.20. The highest BCUT2D eigenvalue weighted by Crippen LogP contribution is 2.22. The van der Waals surface area contributed by atoms with Crippen LogP contribution in [0.15, 0.2) is 53.2 Å². The van der Waals surface area contributed by atoms with E-state index in [1.54, 1.807) is 6.20 Å². The number of aromatic amines is 1. The van der Waals surface area contributed by atoms with Crippen LogP contribution in [0.1, 0.15) is 24.3 Å². The van der Waals surface area contributed by atoms with Gasteiger partial charge in [-0.25, -0.2) is 0 Å². The molecule has 6 nitrogen and oxygen atoms in total. The van der Waals surface area contributed by atoms with E-state index in [1.807, 2.05) is 36.5 Å². The number of H-pyrrole nitrogens is 1. The van der Waals surface area contributed by atoms with E-state index in [0.717, 1.165) is 62.0 Å². The van der Waals surface area contributed by atoms with E-state index >= 15 is 0 Å². The standard InChI is InChI=1S/C19H22N4O2/c1-2-9-20-15(4-1)12-23(13-16-5-3-11-24-16)14-17-6-7-19(25-17)18-8-10-21-22-18/h1-2,4,6-10,16H,3,5,11-14H2,(H,21,22)/t16-/m0/s1. The van der Waals surface area contributed by atoms with Crippen LogP contribution in [-0.2, 0) is 17.8 Å². The molecule has 4 heterocycles. The van der Waals surface area contributed by atoms with Gasteiger partial charge < -0.3 is 9.15 Å². The first-order valence-corrected chi connectivity index (χ1v) is 8.69. The summed E-state index contributed by atoms with van der Waals surface area (Å²) in [4.78, 5) is 6.80. The molecule has 130 valence electrons. The number of pyridine rings is 1. The number of rotatable bonds is 7. The highest BCUT2D eigenvalue weighted by atomic mass is 16.5. The third-order valence-corrected chi connectivity index (χ3v) is 4.40. The second-order valence-electron chi connectivity index (χ2n) is 6.36. The number of aromatic nitrogens is 3. The van der Waals surface area contributed by atoms with Crippen LogP contribution in [0, 0.1) is 0 Å². The first-order valence-electron chi connectivity index (χ1n) is 8.69. The molecule has 6 heteroatoms. The maximum Gasteiger partial charge on any atom is 0.152 e. The van der Waals surface area contributed by atoms with Crippen molar-refractivity contribution in [3.8, 4) is 11.5 Å². The van der Waals surface area contributed by atoms with Crippen LogP contribution in [0.4, 0.5) is 0 Å². The van der Waals surface area contributed by atoms with Gasteiger partial charge in [0.2, 0.25) is 0 Å². The second kappa shape index (κ2) is 7.63. The Morgan fingerprint density at radius 3 is 2.88 bits per heavy atom. The minimum absolute atomic E-state index is 0.297. The van der Waals surface area contributed by atoms with Crippen LogP contribution in [-0.4, -0.2) is 39.3 Å². The van der Waals surface area contributed by atoms with Crippen molar-refractivity contribution in [2.24, 2.45) is 0 Å². The average Bonchev–Trinajstić information content (AvgIpc) is 3.38. The molecular formula is C19H22N4O2. The number of hydrogen-bond donors (Lipinski definition) is 1. The summed E-state index contributed by atoms with van der Waals surface area (Å²) >= 11 is 0. The van der Waals surface area contributed by atoms with Crippen LogP contribution < -0.4 is 0 Å². The minimum atomic E-state index is 0.297. The molecule has 0 bridgehead atoms. The zero-order valence-electron chi connectivity index (χ0n) is 14.1. The molecule has 1 saturated heterocycles. The van der Waals surface area contributed by atoms with E-state index in [-0.39, 0.29) is 0 Å². The Morgan fingerprint density at radius 1 is 1.12 bits per heavy atom. The van der Waals surface area contributed by atoms with E-state index in [2.05, 4.69) is 26.1 Å². The summed E-state index contributed by atoms with van der Waals surface area (Å²) in [7, 11) is 0. The second-order valence-corrected chi connectivity index (χ2v) is 6.36. The number of hydrogen-bond acceptors (Lipinski definition) is 5. The Hall–Kier alpha value is -2.44. The summed E-state index contributed by atoms with van der Waals surface area (Å²) in [6, 6.07) is 11.9. The van der Waals surface area contributed by atoms with Crippen molar-refractivity contribution in [2.75, 3.05) is 13.2 Å². The molecule has 0 spiro atoms. The number of ether oxygens (including phenoxy) is 1. The van der Waals surface area contributed by atoms with Crippen LogP contribution in [0.25, 0.3) is 11.5 Å². The van der Waals surface area contributed by atoms with E-state index in [1.165, 1.54) is 0 Å². The van der Waals surface area contributed by atoms with Crippen molar-refractivity contribution in [3.63, 3.8) is 0 Å². The van der Waals surface area contributed by atoms with Gasteiger partial charge in [0.25, 0.3) is 0 Å². The zero-order valence-corrected chi connectivity index (χ0v) is 14.1.